The van der Waals surface area contributed by atoms with Crippen LogP contribution in [0, 0.1) is 11.2 Å². The summed E-state index contributed by atoms with van der Waals surface area (Å²) >= 11 is 0. The number of hydrogen-bond donors (Lipinski definition) is 0. The molecule has 0 N–H and O–H groups in total. The van der Waals surface area contributed by atoms with E-state index >= 15 is 0 Å². The van der Waals surface area contributed by atoms with Gasteiger partial charge in [-0.1, -0.05) is 0 Å². The van der Waals surface area contributed by atoms with Gasteiger partial charge < -0.3 is 14.2 Å². The summed E-state index contributed by atoms with van der Waals surface area (Å²) in [5.74, 6) is 1.48. The van der Waals surface area contributed by atoms with E-state index in [1.54, 1.807) is 25.4 Å². The Morgan fingerprint density at radius 1 is 1.25 bits per heavy atom. The average Bonchev–Trinajstić information content (AvgIpc) is 3.28. The first-order chi connectivity index (χ1) is 13.5. The van der Waals surface area contributed by atoms with Crippen molar-refractivity contribution in [3.63, 3.8) is 0 Å². The summed E-state index contributed by atoms with van der Waals surface area (Å²) in [7, 11) is 3.55. The smallest absolute Gasteiger partial charge is 0.230 e. The number of carbonyl (C=O) groups excluding carboxylic acids is 1. The lowest BCUT2D eigenvalue weighted by molar-refractivity contribution is -0.146. The number of benzene rings is 1. The minimum Gasteiger partial charge on any atom is -0.497 e. The number of rotatable bonds is 5. The van der Waals surface area contributed by atoms with Crippen molar-refractivity contribution >= 4 is 5.91 Å². The fourth-order valence-corrected chi connectivity index (χ4v) is 4.53. The third-order valence-electron chi connectivity index (χ3n) is 6.16. The third kappa shape index (κ3) is 3.51. The molecule has 2 fully saturated rings. The van der Waals surface area contributed by atoms with Crippen LogP contribution < -0.4 is 4.74 Å². The number of imidazole rings is 1. The Morgan fingerprint density at radius 2 is 2.11 bits per heavy atom. The van der Waals surface area contributed by atoms with E-state index in [9.17, 15) is 9.18 Å². The first kappa shape index (κ1) is 18.9. The highest BCUT2D eigenvalue weighted by molar-refractivity contribution is 5.84. The molecule has 2 aliphatic rings. The number of carbonyl (C=O) groups is 1. The van der Waals surface area contributed by atoms with Crippen LogP contribution in [0.15, 0.2) is 30.6 Å². The highest BCUT2D eigenvalue weighted by atomic mass is 19.1. The maximum Gasteiger partial charge on any atom is 0.230 e. The third-order valence-corrected chi connectivity index (χ3v) is 6.16. The monoisotopic (exact) mass is 386 g/mol. The molecule has 1 spiro atoms. The maximum atomic E-state index is 14.3. The molecule has 28 heavy (non-hydrogen) atoms. The van der Waals surface area contributed by atoms with Gasteiger partial charge in [-0.3, -0.25) is 9.69 Å². The summed E-state index contributed by atoms with van der Waals surface area (Å²) in [6, 6.07) is 4.69. The quantitative estimate of drug-likeness (QED) is 0.793. The van der Waals surface area contributed by atoms with Crippen LogP contribution in [-0.2, 0) is 24.9 Å². The van der Waals surface area contributed by atoms with E-state index in [0.717, 1.165) is 44.7 Å². The van der Waals surface area contributed by atoms with Gasteiger partial charge in [-0.25, -0.2) is 9.37 Å². The Bertz CT molecular complexity index is 868. The molecule has 4 rings (SSSR count). The molecule has 0 radical (unpaired) electrons. The highest BCUT2D eigenvalue weighted by Gasteiger charge is 2.48. The molecule has 3 heterocycles. The lowest BCUT2D eigenvalue weighted by Crippen LogP contribution is -2.49. The zero-order valence-corrected chi connectivity index (χ0v) is 16.5. The number of piperidine rings is 1. The van der Waals surface area contributed by atoms with E-state index in [-0.39, 0.29) is 17.1 Å². The zero-order chi connectivity index (χ0) is 19.7. The number of aryl methyl sites for hydroxylation is 1. The molecule has 150 valence electrons. The summed E-state index contributed by atoms with van der Waals surface area (Å²) in [5.41, 5.74) is 0.159. The number of methoxy groups -OCH3 is 1. The molecule has 6 nitrogen and oxygen atoms in total. The fraction of sp³-hybridized carbons (Fsp3) is 0.524. The molecule has 1 aromatic carbocycles. The number of aromatic nitrogens is 2. The fourth-order valence-electron chi connectivity index (χ4n) is 4.53. The van der Waals surface area contributed by atoms with Crippen LogP contribution in [0.2, 0.25) is 0 Å². The van der Waals surface area contributed by atoms with Gasteiger partial charge in [0.05, 0.1) is 19.1 Å². The molecule has 0 saturated carbocycles. The maximum absolute atomic E-state index is 14.3. The Morgan fingerprint density at radius 3 is 2.86 bits per heavy atom. The van der Waals surface area contributed by atoms with Crippen LogP contribution in [0.1, 0.15) is 30.7 Å². The second kappa shape index (κ2) is 7.54. The summed E-state index contributed by atoms with van der Waals surface area (Å²) < 4.78 is 21.5. The number of nitrogens with zero attached hydrogens (tertiary/aromatic N) is 4. The molecule has 2 aromatic rings. The Hall–Kier alpha value is -2.41. The predicted octanol–water partition coefficient (Wildman–Crippen LogP) is 2.58. The molecular weight excluding hydrogens is 359 g/mol. The van der Waals surface area contributed by atoms with Gasteiger partial charge in [0.15, 0.2) is 0 Å². The Labute approximate surface area is 164 Å². The van der Waals surface area contributed by atoms with Crippen molar-refractivity contribution in [1.82, 2.24) is 19.4 Å². The second-order valence-corrected chi connectivity index (χ2v) is 7.98. The van der Waals surface area contributed by atoms with Crippen LogP contribution in [-0.4, -0.2) is 52.0 Å². The summed E-state index contributed by atoms with van der Waals surface area (Å²) in [4.78, 5) is 21.9. The van der Waals surface area contributed by atoms with Crippen LogP contribution in [0.4, 0.5) is 4.39 Å². The lowest BCUT2D eigenvalue weighted by Gasteiger charge is -2.39. The predicted molar refractivity (Wildman–Crippen MR) is 103 cm³/mol. The minimum atomic E-state index is -0.348. The van der Waals surface area contributed by atoms with Gasteiger partial charge in [-0.15, -0.1) is 0 Å². The number of ether oxygens (including phenoxy) is 1. The molecule has 2 saturated heterocycles. The van der Waals surface area contributed by atoms with Crippen LogP contribution >= 0.6 is 0 Å². The summed E-state index contributed by atoms with van der Waals surface area (Å²) in [6.07, 6.45) is 6.45. The summed E-state index contributed by atoms with van der Waals surface area (Å²) in [6.45, 7) is 3.36. The molecule has 1 atom stereocenters. The number of hydrogen-bond acceptors (Lipinski definition) is 4. The topological polar surface area (TPSA) is 50.6 Å². The molecule has 1 aromatic heterocycles. The highest BCUT2D eigenvalue weighted by Crippen LogP contribution is 2.41. The van der Waals surface area contributed by atoms with Crippen molar-refractivity contribution in [3.8, 4) is 5.75 Å². The molecule has 0 bridgehead atoms. The first-order valence-corrected chi connectivity index (χ1v) is 9.81. The van der Waals surface area contributed by atoms with Gasteiger partial charge in [0.2, 0.25) is 5.91 Å². The SMILES string of the molecule is COc1ccc(F)c(CN2CCC[C@@]3(CCN(Cc4nccn4C)C3)C2=O)c1. The number of likely N-dealkylation sites (tertiary alicyclic amines) is 2. The molecule has 7 heteroatoms. The molecule has 2 aliphatic heterocycles. The van der Waals surface area contributed by atoms with Gasteiger partial charge in [-0.2, -0.15) is 0 Å². The van der Waals surface area contributed by atoms with Crippen molar-refractivity contribution in [2.45, 2.75) is 32.4 Å². The van der Waals surface area contributed by atoms with E-state index < -0.39 is 0 Å². The zero-order valence-electron chi connectivity index (χ0n) is 16.5. The van der Waals surface area contributed by atoms with Gasteiger partial charge in [0.25, 0.3) is 0 Å². The lowest BCUT2D eigenvalue weighted by atomic mass is 9.78. The molecule has 1 amide bonds. The van der Waals surface area contributed by atoms with Crippen molar-refractivity contribution in [2.75, 3.05) is 26.7 Å². The first-order valence-electron chi connectivity index (χ1n) is 9.81. The molecular formula is C21H27FN4O2. The molecule has 0 aliphatic carbocycles. The van der Waals surface area contributed by atoms with Crippen LogP contribution in [0.5, 0.6) is 5.75 Å². The van der Waals surface area contributed by atoms with E-state index in [1.807, 2.05) is 22.7 Å². The average molecular weight is 386 g/mol. The van der Waals surface area contributed by atoms with Gasteiger partial charge in [0, 0.05) is 44.6 Å². The normalized spacial score (nSPS) is 23.0. The van der Waals surface area contributed by atoms with Gasteiger partial charge in [0.1, 0.15) is 17.4 Å². The van der Waals surface area contributed by atoms with Crippen LogP contribution in [0.3, 0.4) is 0 Å². The van der Waals surface area contributed by atoms with Gasteiger partial charge >= 0.3 is 0 Å². The largest absolute Gasteiger partial charge is 0.497 e. The van der Waals surface area contributed by atoms with Gasteiger partial charge in [-0.05, 0) is 44.0 Å². The summed E-state index contributed by atoms with van der Waals surface area (Å²) in [5, 5.41) is 0. The van der Waals surface area contributed by atoms with Crippen molar-refractivity contribution in [2.24, 2.45) is 12.5 Å². The van der Waals surface area contributed by atoms with E-state index in [0.29, 0.717) is 24.4 Å². The minimum absolute atomic E-state index is 0.156. The van der Waals surface area contributed by atoms with Crippen molar-refractivity contribution in [1.29, 1.82) is 0 Å². The molecule has 0 unspecified atom stereocenters. The van der Waals surface area contributed by atoms with E-state index in [4.69, 9.17) is 4.74 Å². The van der Waals surface area contributed by atoms with Crippen LogP contribution in [0.25, 0.3) is 0 Å². The number of halogens is 1. The Kier molecular flexibility index (Phi) is 5.10. The van der Waals surface area contributed by atoms with Crippen molar-refractivity contribution < 1.29 is 13.9 Å². The number of amides is 1. The second-order valence-electron chi connectivity index (χ2n) is 7.98. The standard InChI is InChI=1S/C21H27FN4O2/c1-24-11-8-23-19(24)14-25-10-7-21(15-25)6-3-9-26(20(21)27)13-16-12-17(28-2)4-5-18(16)22/h4-5,8,11-12H,3,6-7,9-10,13-15H2,1-2H3/t21-/m0/s1. The van der Waals surface area contributed by atoms with E-state index in [2.05, 4.69) is 9.88 Å². The van der Waals surface area contributed by atoms with Crippen molar-refractivity contribution in [3.05, 3.63) is 47.8 Å². The van der Waals surface area contributed by atoms with E-state index in [1.165, 1.54) is 6.07 Å². The Balaban J connectivity index is 1.47.